The second-order valence-corrected chi connectivity index (χ2v) is 4.11. The third-order valence-electron chi connectivity index (χ3n) is 2.01. The van der Waals surface area contributed by atoms with Crippen LogP contribution in [-0.4, -0.2) is 4.98 Å². The van der Waals surface area contributed by atoms with Crippen molar-refractivity contribution in [3.05, 3.63) is 47.8 Å². The van der Waals surface area contributed by atoms with Crippen LogP contribution >= 0.6 is 11.8 Å². The highest BCUT2D eigenvalue weighted by atomic mass is 32.2. The number of aryl methyl sites for hydroxylation is 1. The summed E-state index contributed by atoms with van der Waals surface area (Å²) >= 11 is 1.46. The van der Waals surface area contributed by atoms with Crippen molar-refractivity contribution in [2.24, 2.45) is 0 Å². The predicted molar refractivity (Wildman–Crippen MR) is 57.2 cm³/mol. The first kappa shape index (κ1) is 10.2. The highest BCUT2D eigenvalue weighted by Gasteiger charge is 2.04. The molecule has 2 rings (SSSR count). The molecule has 0 N–H and O–H groups in total. The van der Waals surface area contributed by atoms with Gasteiger partial charge in [0.05, 0.1) is 17.0 Å². The molecule has 15 heavy (non-hydrogen) atoms. The Hall–Kier alpha value is -1.29. The predicted octanol–water partition coefficient (Wildman–Crippen LogP) is 3.41. The Morgan fingerprint density at radius 2 is 2.27 bits per heavy atom. The lowest BCUT2D eigenvalue weighted by atomic mass is 10.3. The second kappa shape index (κ2) is 4.49. The maximum atomic E-state index is 12.8. The molecule has 4 heteroatoms. The van der Waals surface area contributed by atoms with Gasteiger partial charge in [0.2, 0.25) is 5.95 Å². The minimum atomic E-state index is -0.448. The van der Waals surface area contributed by atoms with Gasteiger partial charge in [0, 0.05) is 0 Å². The second-order valence-electron chi connectivity index (χ2n) is 3.11. The van der Waals surface area contributed by atoms with E-state index in [2.05, 4.69) is 4.98 Å². The van der Waals surface area contributed by atoms with Gasteiger partial charge < -0.3 is 4.42 Å². The van der Waals surface area contributed by atoms with E-state index < -0.39 is 5.95 Å². The van der Waals surface area contributed by atoms with Crippen LogP contribution in [0.4, 0.5) is 4.39 Å². The van der Waals surface area contributed by atoms with Crippen LogP contribution in [0, 0.1) is 12.9 Å². The molecule has 0 bridgehead atoms. The lowest BCUT2D eigenvalue weighted by molar-refractivity contribution is 0.527. The summed E-state index contributed by atoms with van der Waals surface area (Å²) < 4.78 is 18.0. The van der Waals surface area contributed by atoms with E-state index in [0.717, 1.165) is 11.3 Å². The zero-order valence-corrected chi connectivity index (χ0v) is 9.05. The number of hydrogen-bond acceptors (Lipinski definition) is 3. The van der Waals surface area contributed by atoms with Crippen LogP contribution in [0.1, 0.15) is 11.3 Å². The highest BCUT2D eigenvalue weighted by Crippen LogP contribution is 2.23. The summed E-state index contributed by atoms with van der Waals surface area (Å²) in [5, 5.41) is 0.672. The first-order valence-electron chi connectivity index (χ1n) is 4.54. The Morgan fingerprint density at radius 3 is 2.93 bits per heavy atom. The number of aromatic nitrogens is 1. The lowest BCUT2D eigenvalue weighted by Crippen LogP contribution is -1.86. The normalized spacial score (nSPS) is 10.5. The van der Waals surface area contributed by atoms with E-state index in [0.29, 0.717) is 10.8 Å². The maximum Gasteiger partial charge on any atom is 0.213 e. The van der Waals surface area contributed by atoms with E-state index in [9.17, 15) is 4.39 Å². The van der Waals surface area contributed by atoms with Crippen LogP contribution in [0.3, 0.4) is 0 Å². The third kappa shape index (κ3) is 2.59. The van der Waals surface area contributed by atoms with Crippen molar-refractivity contribution in [2.75, 3.05) is 0 Å². The van der Waals surface area contributed by atoms with Crippen molar-refractivity contribution < 1.29 is 8.81 Å². The molecule has 2 aromatic rings. The minimum absolute atomic E-state index is 0.448. The van der Waals surface area contributed by atoms with Gasteiger partial charge in [-0.2, -0.15) is 4.39 Å². The van der Waals surface area contributed by atoms with Crippen molar-refractivity contribution in [1.82, 2.24) is 4.98 Å². The molecule has 2 heterocycles. The fourth-order valence-corrected chi connectivity index (χ4v) is 2.06. The topological polar surface area (TPSA) is 26.0 Å². The van der Waals surface area contributed by atoms with Gasteiger partial charge in [-0.25, -0.2) is 4.98 Å². The smallest absolute Gasteiger partial charge is 0.213 e. The summed E-state index contributed by atoms with van der Waals surface area (Å²) in [5.74, 6) is 1.14. The Labute approximate surface area is 91.5 Å². The minimum Gasteiger partial charge on any atom is -0.468 e. The summed E-state index contributed by atoms with van der Waals surface area (Å²) in [5.41, 5.74) is 1.11. The quantitative estimate of drug-likeness (QED) is 0.589. The van der Waals surface area contributed by atoms with E-state index >= 15 is 0 Å². The molecule has 0 unspecified atom stereocenters. The van der Waals surface area contributed by atoms with Crippen LogP contribution in [-0.2, 0) is 5.75 Å². The van der Waals surface area contributed by atoms with E-state index in [4.69, 9.17) is 4.42 Å². The van der Waals surface area contributed by atoms with Gasteiger partial charge in [0.25, 0.3) is 0 Å². The Bertz CT molecular complexity index is 455. The van der Waals surface area contributed by atoms with Crippen molar-refractivity contribution >= 4 is 11.8 Å². The zero-order valence-electron chi connectivity index (χ0n) is 8.24. The number of nitrogens with zero attached hydrogens (tertiary/aromatic N) is 1. The standard InChI is InChI=1S/C11H10FNOS/c1-8-5-6-14-9(8)7-15-11-4-2-3-10(12)13-11/h2-6H,7H2,1H3. The summed E-state index contributed by atoms with van der Waals surface area (Å²) in [6, 6.07) is 6.68. The Balaban J connectivity index is 2.02. The van der Waals surface area contributed by atoms with E-state index in [1.807, 2.05) is 13.0 Å². The van der Waals surface area contributed by atoms with E-state index in [1.165, 1.54) is 17.8 Å². The fourth-order valence-electron chi connectivity index (χ4n) is 1.16. The SMILES string of the molecule is Cc1ccoc1CSc1cccc(F)n1. The molecule has 0 aliphatic carbocycles. The number of thioether (sulfide) groups is 1. The molecule has 2 nitrogen and oxygen atoms in total. The van der Waals surface area contributed by atoms with Crippen LogP contribution in [0.2, 0.25) is 0 Å². The third-order valence-corrected chi connectivity index (χ3v) is 2.94. The first-order chi connectivity index (χ1) is 7.25. The van der Waals surface area contributed by atoms with Crippen LogP contribution < -0.4 is 0 Å². The number of pyridine rings is 1. The lowest BCUT2D eigenvalue weighted by Gasteiger charge is -1.99. The van der Waals surface area contributed by atoms with Crippen molar-refractivity contribution in [3.63, 3.8) is 0 Å². The molecule has 0 aromatic carbocycles. The summed E-state index contributed by atoms with van der Waals surface area (Å²) in [4.78, 5) is 3.76. The van der Waals surface area contributed by atoms with Gasteiger partial charge in [0.1, 0.15) is 5.76 Å². The number of halogens is 1. The molecule has 0 saturated carbocycles. The molecule has 0 atom stereocenters. The number of rotatable bonds is 3. The van der Waals surface area contributed by atoms with Gasteiger partial charge in [-0.1, -0.05) is 17.8 Å². The fraction of sp³-hybridized carbons (Fsp3) is 0.182. The maximum absolute atomic E-state index is 12.8. The number of hydrogen-bond donors (Lipinski definition) is 0. The first-order valence-corrected chi connectivity index (χ1v) is 5.52. The van der Waals surface area contributed by atoms with Gasteiger partial charge in [-0.05, 0) is 30.7 Å². The molecule has 0 saturated heterocycles. The average Bonchev–Trinajstić information content (AvgIpc) is 2.61. The molecule has 0 spiro atoms. The molecular formula is C11H10FNOS. The van der Waals surface area contributed by atoms with Gasteiger partial charge in [-0.3, -0.25) is 0 Å². The molecule has 0 aliphatic rings. The van der Waals surface area contributed by atoms with Crippen LogP contribution in [0.5, 0.6) is 0 Å². The molecule has 0 aliphatic heterocycles. The summed E-state index contributed by atoms with van der Waals surface area (Å²) in [6.45, 7) is 1.98. The van der Waals surface area contributed by atoms with E-state index in [1.54, 1.807) is 18.4 Å². The van der Waals surface area contributed by atoms with Gasteiger partial charge >= 0.3 is 0 Å². The van der Waals surface area contributed by atoms with Crippen LogP contribution in [0.25, 0.3) is 0 Å². The monoisotopic (exact) mass is 223 g/mol. The average molecular weight is 223 g/mol. The Morgan fingerprint density at radius 1 is 1.40 bits per heavy atom. The zero-order chi connectivity index (χ0) is 10.7. The molecule has 0 fully saturated rings. The van der Waals surface area contributed by atoms with Gasteiger partial charge in [-0.15, -0.1) is 0 Å². The van der Waals surface area contributed by atoms with Crippen molar-refractivity contribution in [3.8, 4) is 0 Å². The molecule has 0 amide bonds. The highest BCUT2D eigenvalue weighted by molar-refractivity contribution is 7.98. The van der Waals surface area contributed by atoms with Crippen molar-refractivity contribution in [1.29, 1.82) is 0 Å². The van der Waals surface area contributed by atoms with E-state index in [-0.39, 0.29) is 0 Å². The summed E-state index contributed by atoms with van der Waals surface area (Å²) in [7, 11) is 0. The van der Waals surface area contributed by atoms with Gasteiger partial charge in [0.15, 0.2) is 0 Å². The van der Waals surface area contributed by atoms with Crippen LogP contribution in [0.15, 0.2) is 40.0 Å². The molecule has 0 radical (unpaired) electrons. The largest absolute Gasteiger partial charge is 0.468 e. The summed E-state index contributed by atoms with van der Waals surface area (Å²) in [6.07, 6.45) is 1.66. The molecular weight excluding hydrogens is 213 g/mol. The molecule has 78 valence electrons. The number of furan rings is 1. The Kier molecular flexibility index (Phi) is 3.06. The molecule has 2 aromatic heterocycles. The van der Waals surface area contributed by atoms with Crippen molar-refractivity contribution in [2.45, 2.75) is 17.7 Å².